The van der Waals surface area contributed by atoms with E-state index < -0.39 is 5.76 Å². The van der Waals surface area contributed by atoms with Crippen LogP contribution in [0.15, 0.2) is 15.3 Å². The van der Waals surface area contributed by atoms with E-state index in [0.29, 0.717) is 5.52 Å². The first-order valence-corrected chi connectivity index (χ1v) is 3.09. The van der Waals surface area contributed by atoms with E-state index in [0.717, 1.165) is 5.69 Å². The number of aromatic amines is 1. The minimum atomic E-state index is -0.500. The maximum Gasteiger partial charge on any atom is 0.418 e. The average molecular weight is 151 g/mol. The molecule has 56 valence electrons. The second kappa shape index (κ2) is 1.91. The number of aryl methyl sites for hydroxylation is 1. The van der Waals surface area contributed by atoms with Gasteiger partial charge in [0, 0.05) is 0 Å². The molecule has 5 heteroatoms. The normalized spacial score (nSPS) is 10.6. The molecule has 0 fully saturated rings. The van der Waals surface area contributed by atoms with Crippen LogP contribution in [0.5, 0.6) is 0 Å². The number of fused-ring (bicyclic) bond motifs is 1. The lowest BCUT2D eigenvalue weighted by atomic mass is 10.4. The molecule has 0 aliphatic carbocycles. The molecule has 0 bridgehead atoms. The van der Waals surface area contributed by atoms with Gasteiger partial charge in [0.1, 0.15) is 5.52 Å². The van der Waals surface area contributed by atoms with Crippen molar-refractivity contribution in [3.63, 3.8) is 0 Å². The van der Waals surface area contributed by atoms with Gasteiger partial charge in [-0.2, -0.15) is 5.10 Å². The number of nitrogens with zero attached hydrogens (tertiary/aromatic N) is 2. The summed E-state index contributed by atoms with van der Waals surface area (Å²) in [5.74, 6) is -0.500. The van der Waals surface area contributed by atoms with Crippen molar-refractivity contribution in [1.29, 1.82) is 0 Å². The molecule has 0 aromatic carbocycles. The fourth-order valence-electron chi connectivity index (χ4n) is 0.866. The summed E-state index contributed by atoms with van der Waals surface area (Å²) < 4.78 is 4.64. The monoisotopic (exact) mass is 151 g/mol. The lowest BCUT2D eigenvalue weighted by Crippen LogP contribution is -1.92. The predicted molar refractivity (Wildman–Crippen MR) is 37.2 cm³/mol. The Balaban J connectivity index is 2.92. The second-order valence-electron chi connectivity index (χ2n) is 2.22. The Hall–Kier alpha value is -1.65. The molecule has 0 saturated heterocycles. The van der Waals surface area contributed by atoms with Crippen LogP contribution in [0.25, 0.3) is 11.2 Å². The van der Waals surface area contributed by atoms with E-state index >= 15 is 0 Å². The Labute approximate surface area is 61.1 Å². The van der Waals surface area contributed by atoms with E-state index in [9.17, 15) is 4.79 Å². The standard InChI is InChI=1S/C6H5N3O2/c1-3-2-4-5(9-8-3)11-6(10)7-4/h2H,1H3,(H,7,10). The lowest BCUT2D eigenvalue weighted by molar-refractivity contribution is 0.541. The SMILES string of the molecule is Cc1cc2[nH]c(=O)oc2nn1. The number of H-pyrrole nitrogens is 1. The molecule has 0 amide bonds. The molecular weight excluding hydrogens is 146 g/mol. The number of aromatic nitrogens is 3. The van der Waals surface area contributed by atoms with Gasteiger partial charge in [0.15, 0.2) is 0 Å². The van der Waals surface area contributed by atoms with Gasteiger partial charge in [-0.05, 0) is 13.0 Å². The van der Waals surface area contributed by atoms with Crippen molar-refractivity contribution in [2.45, 2.75) is 6.92 Å². The largest absolute Gasteiger partial charge is 0.418 e. The van der Waals surface area contributed by atoms with Crippen LogP contribution in [-0.4, -0.2) is 15.2 Å². The molecule has 5 nitrogen and oxygen atoms in total. The highest BCUT2D eigenvalue weighted by atomic mass is 16.4. The second-order valence-corrected chi connectivity index (χ2v) is 2.22. The van der Waals surface area contributed by atoms with Crippen molar-refractivity contribution in [3.05, 3.63) is 22.3 Å². The summed E-state index contributed by atoms with van der Waals surface area (Å²) in [6.45, 7) is 1.79. The van der Waals surface area contributed by atoms with Crippen LogP contribution in [0, 0.1) is 6.92 Å². The zero-order valence-electron chi connectivity index (χ0n) is 5.79. The Morgan fingerprint density at radius 3 is 3.18 bits per heavy atom. The molecule has 0 spiro atoms. The van der Waals surface area contributed by atoms with Crippen LogP contribution in [0.4, 0.5) is 0 Å². The third kappa shape index (κ3) is 0.899. The molecule has 0 aliphatic heterocycles. The third-order valence-electron chi connectivity index (χ3n) is 1.31. The first-order chi connectivity index (χ1) is 5.25. The topological polar surface area (TPSA) is 71.8 Å². The van der Waals surface area contributed by atoms with Crippen molar-refractivity contribution in [1.82, 2.24) is 15.2 Å². The van der Waals surface area contributed by atoms with Crippen LogP contribution in [-0.2, 0) is 0 Å². The van der Waals surface area contributed by atoms with Crippen LogP contribution in [0.2, 0.25) is 0 Å². The molecule has 1 N–H and O–H groups in total. The number of rotatable bonds is 0. The van der Waals surface area contributed by atoms with Crippen molar-refractivity contribution in [3.8, 4) is 0 Å². The minimum Gasteiger partial charge on any atom is -0.387 e. The molecule has 2 aromatic rings. The van der Waals surface area contributed by atoms with Crippen molar-refractivity contribution >= 4 is 11.2 Å². The van der Waals surface area contributed by atoms with Gasteiger partial charge in [0.25, 0.3) is 5.71 Å². The number of nitrogens with one attached hydrogen (secondary N) is 1. The van der Waals surface area contributed by atoms with E-state index in [-0.39, 0.29) is 5.71 Å². The zero-order valence-corrected chi connectivity index (χ0v) is 5.79. The molecule has 11 heavy (non-hydrogen) atoms. The van der Waals surface area contributed by atoms with E-state index in [1.807, 2.05) is 0 Å². The maximum atomic E-state index is 10.6. The molecule has 2 aromatic heterocycles. The summed E-state index contributed by atoms with van der Waals surface area (Å²) in [5, 5.41) is 7.37. The Morgan fingerprint density at radius 2 is 2.36 bits per heavy atom. The third-order valence-corrected chi connectivity index (χ3v) is 1.31. The van der Waals surface area contributed by atoms with Gasteiger partial charge in [-0.25, -0.2) is 4.79 Å². The fourth-order valence-corrected chi connectivity index (χ4v) is 0.866. The molecule has 2 heterocycles. The van der Waals surface area contributed by atoms with Gasteiger partial charge < -0.3 is 4.42 Å². The summed E-state index contributed by atoms with van der Waals surface area (Å²) in [6, 6.07) is 1.70. The summed E-state index contributed by atoms with van der Waals surface area (Å²) in [4.78, 5) is 13.1. The maximum absolute atomic E-state index is 10.6. The molecule has 0 saturated carbocycles. The van der Waals surface area contributed by atoms with Gasteiger partial charge >= 0.3 is 5.76 Å². The lowest BCUT2D eigenvalue weighted by Gasteiger charge is -1.85. The van der Waals surface area contributed by atoms with Crippen molar-refractivity contribution in [2.75, 3.05) is 0 Å². The number of hydrogen-bond donors (Lipinski definition) is 1. The summed E-state index contributed by atoms with van der Waals surface area (Å²) in [5.41, 5.74) is 1.58. The Bertz CT molecular complexity index is 442. The van der Waals surface area contributed by atoms with Gasteiger partial charge in [0.05, 0.1) is 5.69 Å². The number of oxazole rings is 1. The highest BCUT2D eigenvalue weighted by molar-refractivity contribution is 5.66. The number of hydrogen-bond acceptors (Lipinski definition) is 4. The molecule has 2 rings (SSSR count). The predicted octanol–water partition coefficient (Wildman–Crippen LogP) is 0.220. The molecule has 0 radical (unpaired) electrons. The van der Waals surface area contributed by atoms with Gasteiger partial charge in [-0.1, -0.05) is 0 Å². The van der Waals surface area contributed by atoms with Crippen molar-refractivity contribution < 1.29 is 4.42 Å². The zero-order chi connectivity index (χ0) is 7.84. The van der Waals surface area contributed by atoms with E-state index in [2.05, 4.69) is 19.6 Å². The van der Waals surface area contributed by atoms with E-state index in [4.69, 9.17) is 0 Å². The summed E-state index contributed by atoms with van der Waals surface area (Å²) in [6.07, 6.45) is 0. The van der Waals surface area contributed by atoms with E-state index in [1.54, 1.807) is 13.0 Å². The first kappa shape index (κ1) is 6.09. The van der Waals surface area contributed by atoms with Crippen molar-refractivity contribution in [2.24, 2.45) is 0 Å². The minimum absolute atomic E-state index is 0.251. The summed E-state index contributed by atoms with van der Waals surface area (Å²) in [7, 11) is 0. The van der Waals surface area contributed by atoms with Crippen LogP contribution in [0.1, 0.15) is 5.69 Å². The Morgan fingerprint density at radius 1 is 1.55 bits per heavy atom. The summed E-state index contributed by atoms with van der Waals surface area (Å²) >= 11 is 0. The quantitative estimate of drug-likeness (QED) is 0.584. The van der Waals surface area contributed by atoms with Crippen LogP contribution >= 0.6 is 0 Å². The molecule has 0 unspecified atom stereocenters. The van der Waals surface area contributed by atoms with Crippen LogP contribution < -0.4 is 5.76 Å². The molecule has 0 aliphatic rings. The van der Waals surface area contributed by atoms with Gasteiger partial charge in [-0.3, -0.25) is 4.98 Å². The smallest absolute Gasteiger partial charge is 0.387 e. The Kier molecular flexibility index (Phi) is 1.06. The first-order valence-electron chi connectivity index (χ1n) is 3.09. The highest BCUT2D eigenvalue weighted by Gasteiger charge is 2.01. The highest BCUT2D eigenvalue weighted by Crippen LogP contribution is 2.04. The van der Waals surface area contributed by atoms with Gasteiger partial charge in [0.2, 0.25) is 0 Å². The average Bonchev–Trinajstić information content (AvgIpc) is 2.27. The molecule has 0 atom stereocenters. The van der Waals surface area contributed by atoms with Gasteiger partial charge in [-0.15, -0.1) is 5.10 Å². The van der Waals surface area contributed by atoms with E-state index in [1.165, 1.54) is 0 Å². The fraction of sp³-hybridized carbons (Fsp3) is 0.167. The van der Waals surface area contributed by atoms with Crippen LogP contribution in [0.3, 0.4) is 0 Å². The molecular formula is C6H5N3O2.